The first-order chi connectivity index (χ1) is 14.5. The topological polar surface area (TPSA) is 58.4 Å². The summed E-state index contributed by atoms with van der Waals surface area (Å²) in [4.78, 5) is 29.3. The van der Waals surface area contributed by atoms with Crippen molar-refractivity contribution < 1.29 is 4.79 Å². The summed E-state index contributed by atoms with van der Waals surface area (Å²) in [7, 11) is 0. The molecule has 1 saturated heterocycles. The summed E-state index contributed by atoms with van der Waals surface area (Å²) < 4.78 is 2.24. The maximum absolute atomic E-state index is 12.9. The summed E-state index contributed by atoms with van der Waals surface area (Å²) in [6.45, 7) is 4.74. The predicted molar refractivity (Wildman–Crippen MR) is 121 cm³/mol. The highest BCUT2D eigenvalue weighted by Gasteiger charge is 2.22. The number of aromatic nitrogens is 2. The van der Waals surface area contributed by atoms with E-state index in [4.69, 9.17) is 0 Å². The number of carbonyl (C=O) groups excluding carboxylic acids is 1. The van der Waals surface area contributed by atoms with Gasteiger partial charge in [-0.1, -0.05) is 29.8 Å². The number of hydrogen-bond acceptors (Lipinski definition) is 4. The van der Waals surface area contributed by atoms with Crippen LogP contribution in [0.1, 0.15) is 22.3 Å². The molecule has 30 heavy (non-hydrogen) atoms. The zero-order chi connectivity index (χ0) is 21.1. The van der Waals surface area contributed by atoms with E-state index in [-0.39, 0.29) is 11.5 Å². The Morgan fingerprint density at radius 1 is 0.933 bits per heavy atom. The van der Waals surface area contributed by atoms with Crippen LogP contribution in [-0.2, 0) is 0 Å². The van der Waals surface area contributed by atoms with Gasteiger partial charge in [0.05, 0.1) is 11.3 Å². The maximum Gasteiger partial charge on any atom is 0.271 e. The number of hydrogen-bond donors (Lipinski definition) is 0. The smallest absolute Gasteiger partial charge is 0.271 e. The number of rotatable bonds is 3. The molecular weight excluding hydrogens is 444 g/mol. The van der Waals surface area contributed by atoms with Crippen LogP contribution in [0.15, 0.2) is 69.9 Å². The molecule has 2 heterocycles. The summed E-state index contributed by atoms with van der Waals surface area (Å²) in [5, 5.41) is 4.60. The highest BCUT2D eigenvalue weighted by Crippen LogP contribution is 2.20. The SMILES string of the molecule is Cc1ccc(-n2nc(N3CCCN(C(=O)c4ccccc4Br)CC3)ccc2=O)cc1. The highest BCUT2D eigenvalue weighted by molar-refractivity contribution is 9.10. The number of halogens is 1. The van der Waals surface area contributed by atoms with E-state index in [0.717, 1.165) is 34.5 Å². The molecule has 1 aromatic heterocycles. The molecule has 6 nitrogen and oxygen atoms in total. The van der Waals surface area contributed by atoms with Crippen molar-refractivity contribution in [3.05, 3.63) is 86.6 Å². The van der Waals surface area contributed by atoms with Gasteiger partial charge >= 0.3 is 0 Å². The van der Waals surface area contributed by atoms with Gasteiger partial charge in [0.25, 0.3) is 11.5 Å². The number of carbonyl (C=O) groups is 1. The van der Waals surface area contributed by atoms with Crippen molar-refractivity contribution in [1.82, 2.24) is 14.7 Å². The zero-order valence-electron chi connectivity index (χ0n) is 16.8. The Morgan fingerprint density at radius 2 is 1.70 bits per heavy atom. The van der Waals surface area contributed by atoms with Crippen LogP contribution in [0.5, 0.6) is 0 Å². The molecule has 0 N–H and O–H groups in total. The summed E-state index contributed by atoms with van der Waals surface area (Å²) >= 11 is 3.47. The van der Waals surface area contributed by atoms with Crippen LogP contribution in [0, 0.1) is 6.92 Å². The van der Waals surface area contributed by atoms with Crippen LogP contribution < -0.4 is 10.5 Å². The molecule has 1 aliphatic heterocycles. The molecule has 1 amide bonds. The van der Waals surface area contributed by atoms with E-state index in [9.17, 15) is 9.59 Å². The second-order valence-electron chi connectivity index (χ2n) is 7.39. The van der Waals surface area contributed by atoms with Crippen LogP contribution >= 0.6 is 15.9 Å². The summed E-state index contributed by atoms with van der Waals surface area (Å²) in [6, 6.07) is 18.5. The molecule has 0 aliphatic carbocycles. The third-order valence-corrected chi connectivity index (χ3v) is 5.97. The number of anilines is 1. The van der Waals surface area contributed by atoms with E-state index in [1.807, 2.05) is 60.4 Å². The fraction of sp³-hybridized carbons (Fsp3) is 0.261. The largest absolute Gasteiger partial charge is 0.353 e. The minimum Gasteiger partial charge on any atom is -0.353 e. The Labute approximate surface area is 183 Å². The van der Waals surface area contributed by atoms with Gasteiger partial charge in [0.15, 0.2) is 0 Å². The zero-order valence-corrected chi connectivity index (χ0v) is 18.4. The van der Waals surface area contributed by atoms with E-state index in [1.54, 1.807) is 12.1 Å². The fourth-order valence-electron chi connectivity index (χ4n) is 3.60. The van der Waals surface area contributed by atoms with Gasteiger partial charge in [-0.05, 0) is 59.6 Å². The monoisotopic (exact) mass is 466 g/mol. The first kappa shape index (κ1) is 20.3. The molecule has 0 spiro atoms. The molecule has 7 heteroatoms. The Kier molecular flexibility index (Phi) is 5.99. The van der Waals surface area contributed by atoms with Crippen LogP contribution in [0.4, 0.5) is 5.82 Å². The minimum atomic E-state index is -0.164. The Hall–Kier alpha value is -2.93. The van der Waals surface area contributed by atoms with E-state index < -0.39 is 0 Å². The normalized spacial score (nSPS) is 14.5. The van der Waals surface area contributed by atoms with Gasteiger partial charge in [0.1, 0.15) is 5.82 Å². The second-order valence-corrected chi connectivity index (χ2v) is 8.24. The third kappa shape index (κ3) is 4.31. The second kappa shape index (κ2) is 8.83. The first-order valence-corrected chi connectivity index (χ1v) is 10.8. The maximum atomic E-state index is 12.9. The van der Waals surface area contributed by atoms with Crippen molar-refractivity contribution in [3.8, 4) is 5.69 Å². The van der Waals surface area contributed by atoms with Gasteiger partial charge < -0.3 is 9.80 Å². The molecule has 0 unspecified atom stereocenters. The molecule has 1 fully saturated rings. The molecular formula is C23H23BrN4O2. The number of aryl methyl sites for hydroxylation is 1. The summed E-state index contributed by atoms with van der Waals surface area (Å²) in [5.41, 5.74) is 2.39. The van der Waals surface area contributed by atoms with Crippen molar-refractivity contribution in [3.63, 3.8) is 0 Å². The molecule has 3 aromatic rings. The molecule has 1 aliphatic rings. The molecule has 0 atom stereocenters. The van der Waals surface area contributed by atoms with Crippen molar-refractivity contribution in [2.45, 2.75) is 13.3 Å². The first-order valence-electron chi connectivity index (χ1n) is 9.99. The van der Waals surface area contributed by atoms with Crippen LogP contribution in [0.25, 0.3) is 5.69 Å². The fourth-order valence-corrected chi connectivity index (χ4v) is 4.05. The molecule has 0 radical (unpaired) electrons. The Bertz CT molecular complexity index is 1110. The van der Waals surface area contributed by atoms with Crippen molar-refractivity contribution in [2.75, 3.05) is 31.1 Å². The van der Waals surface area contributed by atoms with Gasteiger partial charge in [-0.2, -0.15) is 4.68 Å². The lowest BCUT2D eigenvalue weighted by Gasteiger charge is -2.23. The Morgan fingerprint density at radius 3 is 2.47 bits per heavy atom. The third-order valence-electron chi connectivity index (χ3n) is 5.28. The van der Waals surface area contributed by atoms with Crippen LogP contribution in [0.2, 0.25) is 0 Å². The average molecular weight is 467 g/mol. The van der Waals surface area contributed by atoms with Crippen LogP contribution in [0.3, 0.4) is 0 Å². The van der Waals surface area contributed by atoms with Gasteiger partial charge in [0.2, 0.25) is 0 Å². The molecule has 2 aromatic carbocycles. The Balaban J connectivity index is 1.53. The highest BCUT2D eigenvalue weighted by atomic mass is 79.9. The standard InChI is InChI=1S/C23H23BrN4O2/c1-17-7-9-18(10-8-17)28-22(29)12-11-21(25-28)26-13-4-14-27(16-15-26)23(30)19-5-2-3-6-20(19)24/h2-3,5-12H,4,13-16H2,1H3. The van der Waals surface area contributed by atoms with E-state index in [1.165, 1.54) is 4.68 Å². The lowest BCUT2D eigenvalue weighted by molar-refractivity contribution is 0.0766. The van der Waals surface area contributed by atoms with Gasteiger partial charge in [-0.25, -0.2) is 0 Å². The van der Waals surface area contributed by atoms with Crippen molar-refractivity contribution in [1.29, 1.82) is 0 Å². The number of amides is 1. The minimum absolute atomic E-state index is 0.0295. The van der Waals surface area contributed by atoms with E-state index >= 15 is 0 Å². The average Bonchev–Trinajstić information content (AvgIpc) is 3.01. The lowest BCUT2D eigenvalue weighted by atomic mass is 10.2. The summed E-state index contributed by atoms with van der Waals surface area (Å²) in [5.74, 6) is 0.771. The van der Waals surface area contributed by atoms with Gasteiger partial charge in [-0.15, -0.1) is 5.10 Å². The lowest BCUT2D eigenvalue weighted by Crippen LogP contribution is -2.36. The van der Waals surface area contributed by atoms with Crippen molar-refractivity contribution in [2.24, 2.45) is 0 Å². The van der Waals surface area contributed by atoms with E-state index in [2.05, 4.69) is 25.9 Å². The number of nitrogens with zero attached hydrogens (tertiary/aromatic N) is 4. The summed E-state index contributed by atoms with van der Waals surface area (Å²) in [6.07, 6.45) is 0.835. The quantitative estimate of drug-likeness (QED) is 0.590. The molecule has 0 saturated carbocycles. The molecule has 4 rings (SSSR count). The molecule has 0 bridgehead atoms. The van der Waals surface area contributed by atoms with Crippen molar-refractivity contribution >= 4 is 27.7 Å². The van der Waals surface area contributed by atoms with Gasteiger partial charge in [-0.3, -0.25) is 9.59 Å². The molecule has 154 valence electrons. The predicted octanol–water partition coefficient (Wildman–Crippen LogP) is 3.66. The number of benzene rings is 2. The van der Waals surface area contributed by atoms with Crippen LogP contribution in [-0.4, -0.2) is 46.8 Å². The van der Waals surface area contributed by atoms with Gasteiger partial charge in [0, 0.05) is 36.7 Å². The van der Waals surface area contributed by atoms with E-state index in [0.29, 0.717) is 25.2 Å².